The lowest BCUT2D eigenvalue weighted by molar-refractivity contribution is -0.183. The molecule has 1 saturated heterocycles. The Hall–Kier alpha value is -3.51. The summed E-state index contributed by atoms with van der Waals surface area (Å²) < 4.78 is 43.3. The van der Waals surface area contributed by atoms with E-state index in [1.807, 2.05) is 13.8 Å². The highest BCUT2D eigenvalue weighted by Crippen LogP contribution is 2.38. The summed E-state index contributed by atoms with van der Waals surface area (Å²) in [6.07, 6.45) is 0.932. The maximum Gasteiger partial charge on any atom is 0.393 e. The molecule has 1 saturated carbocycles. The van der Waals surface area contributed by atoms with Crippen molar-refractivity contribution in [1.82, 2.24) is 40.2 Å². The lowest BCUT2D eigenvalue weighted by Gasteiger charge is -2.30. The fourth-order valence-electron chi connectivity index (χ4n) is 5.84. The summed E-state index contributed by atoms with van der Waals surface area (Å²) in [5.41, 5.74) is 3.09. The fourth-order valence-corrected chi connectivity index (χ4v) is 5.84. The number of nitrogens with one attached hydrogen (secondary N) is 2. The molecule has 2 atom stereocenters. The maximum atomic E-state index is 13.3. The van der Waals surface area contributed by atoms with Crippen LogP contribution >= 0.6 is 0 Å². The average molecular weight is 561 g/mol. The second-order valence-corrected chi connectivity index (χ2v) is 11.5. The Labute approximate surface area is 230 Å². The number of amides is 2. The summed E-state index contributed by atoms with van der Waals surface area (Å²) in [5.74, 6) is -2.27. The Morgan fingerprint density at radius 2 is 1.95 bits per heavy atom. The zero-order valence-electron chi connectivity index (χ0n) is 22.9. The SMILES string of the molecule is CC1CCC(c2c(CNC(=O)c3cnnn3C(C)C)nc3ccc(C[C@H]4C[C@@H](C(F)(F)F)CNC4=O)nn23)CC1. The van der Waals surface area contributed by atoms with Crippen LogP contribution in [-0.2, 0) is 17.8 Å². The first-order chi connectivity index (χ1) is 19.0. The third-order valence-corrected chi connectivity index (χ3v) is 8.14. The number of piperidine rings is 1. The van der Waals surface area contributed by atoms with Gasteiger partial charge in [-0.2, -0.15) is 18.3 Å². The van der Waals surface area contributed by atoms with E-state index in [-0.39, 0.29) is 49.7 Å². The number of hydrogen-bond donors (Lipinski definition) is 2. The van der Waals surface area contributed by atoms with Crippen LogP contribution in [0.15, 0.2) is 18.3 Å². The van der Waals surface area contributed by atoms with Gasteiger partial charge in [0.05, 0.1) is 35.7 Å². The third kappa shape index (κ3) is 5.83. The Balaban J connectivity index is 1.42. The molecule has 1 aliphatic carbocycles. The number of carbonyl (C=O) groups excluding carboxylic acids is 2. The molecule has 2 amide bonds. The molecule has 10 nitrogen and oxygen atoms in total. The van der Waals surface area contributed by atoms with Crippen LogP contribution in [0.4, 0.5) is 13.2 Å². The molecule has 0 unspecified atom stereocenters. The first-order valence-corrected chi connectivity index (χ1v) is 13.9. The first-order valence-electron chi connectivity index (χ1n) is 13.9. The minimum absolute atomic E-state index is 0.0292. The lowest BCUT2D eigenvalue weighted by Crippen LogP contribution is -2.47. The zero-order chi connectivity index (χ0) is 28.6. The number of hydrogen-bond acceptors (Lipinski definition) is 6. The van der Waals surface area contributed by atoms with E-state index in [4.69, 9.17) is 10.1 Å². The van der Waals surface area contributed by atoms with Crippen LogP contribution in [0.3, 0.4) is 0 Å². The number of rotatable bonds is 7. The van der Waals surface area contributed by atoms with Gasteiger partial charge in [-0.05, 0) is 51.2 Å². The molecule has 4 heterocycles. The summed E-state index contributed by atoms with van der Waals surface area (Å²) in [7, 11) is 0. The standard InChI is InChI=1S/C27H35F3N8O2/c1-15(2)37-22(14-33-36-37)26(40)32-13-21-24(17-6-4-16(3)5-7-17)38-23(34-21)9-8-20(35-38)11-18-10-19(27(28,29)30)12-31-25(18)39/h8-9,14-19H,4-7,10-13H2,1-3H3,(H,31,39)(H,32,40)/t16?,17?,18-,19-/m1/s1. The van der Waals surface area contributed by atoms with E-state index in [1.165, 1.54) is 6.20 Å². The van der Waals surface area contributed by atoms with Crippen molar-refractivity contribution in [2.45, 2.75) is 84.0 Å². The van der Waals surface area contributed by atoms with Crippen molar-refractivity contribution >= 4 is 17.5 Å². The minimum Gasteiger partial charge on any atom is -0.355 e. The molecule has 2 N–H and O–H groups in total. The van der Waals surface area contributed by atoms with Crippen molar-refractivity contribution in [2.24, 2.45) is 17.8 Å². The smallest absolute Gasteiger partial charge is 0.355 e. The molecule has 2 aliphatic rings. The number of alkyl halides is 3. The quantitative estimate of drug-likeness (QED) is 0.451. The maximum absolute atomic E-state index is 13.3. The molecule has 0 aromatic carbocycles. The summed E-state index contributed by atoms with van der Waals surface area (Å²) >= 11 is 0. The Kier molecular flexibility index (Phi) is 7.83. The van der Waals surface area contributed by atoms with Crippen LogP contribution in [0.5, 0.6) is 0 Å². The molecule has 2 fully saturated rings. The zero-order valence-corrected chi connectivity index (χ0v) is 22.9. The predicted molar refractivity (Wildman–Crippen MR) is 139 cm³/mol. The van der Waals surface area contributed by atoms with Gasteiger partial charge < -0.3 is 10.6 Å². The molecular formula is C27H35F3N8O2. The predicted octanol–water partition coefficient (Wildman–Crippen LogP) is 3.98. The van der Waals surface area contributed by atoms with E-state index < -0.39 is 18.0 Å². The second-order valence-electron chi connectivity index (χ2n) is 11.5. The molecule has 216 valence electrons. The molecule has 1 aliphatic heterocycles. The highest BCUT2D eigenvalue weighted by molar-refractivity contribution is 5.92. The lowest BCUT2D eigenvalue weighted by atomic mass is 9.81. The van der Waals surface area contributed by atoms with Crippen LogP contribution < -0.4 is 10.6 Å². The monoisotopic (exact) mass is 560 g/mol. The summed E-state index contributed by atoms with van der Waals surface area (Å²) in [6, 6.07) is 3.47. The Morgan fingerprint density at radius 3 is 2.65 bits per heavy atom. The first kappa shape index (κ1) is 28.0. The van der Waals surface area contributed by atoms with Gasteiger partial charge in [0.1, 0.15) is 5.69 Å². The van der Waals surface area contributed by atoms with Crippen LogP contribution in [0.2, 0.25) is 0 Å². The number of halogens is 3. The van der Waals surface area contributed by atoms with Gasteiger partial charge in [-0.25, -0.2) is 14.2 Å². The molecule has 0 bridgehead atoms. The van der Waals surface area contributed by atoms with E-state index in [0.29, 0.717) is 28.6 Å². The van der Waals surface area contributed by atoms with Gasteiger partial charge in [0.25, 0.3) is 5.91 Å². The largest absolute Gasteiger partial charge is 0.393 e. The molecule has 13 heteroatoms. The van der Waals surface area contributed by atoms with Crippen molar-refractivity contribution in [1.29, 1.82) is 0 Å². The topological polar surface area (TPSA) is 119 Å². The minimum atomic E-state index is -4.36. The highest BCUT2D eigenvalue weighted by atomic mass is 19.4. The molecule has 0 radical (unpaired) electrons. The van der Waals surface area contributed by atoms with E-state index in [0.717, 1.165) is 31.4 Å². The molecule has 3 aromatic rings. The second kappa shape index (κ2) is 11.2. The van der Waals surface area contributed by atoms with E-state index in [2.05, 4.69) is 27.9 Å². The number of imidazole rings is 1. The van der Waals surface area contributed by atoms with Crippen molar-refractivity contribution in [3.8, 4) is 0 Å². The highest BCUT2D eigenvalue weighted by Gasteiger charge is 2.44. The van der Waals surface area contributed by atoms with Crippen LogP contribution in [0, 0.1) is 17.8 Å². The van der Waals surface area contributed by atoms with Crippen LogP contribution in [0.1, 0.15) is 92.4 Å². The molecule has 0 spiro atoms. The molecular weight excluding hydrogens is 525 g/mol. The summed E-state index contributed by atoms with van der Waals surface area (Å²) in [4.78, 5) is 30.2. The van der Waals surface area contributed by atoms with Gasteiger partial charge in [0.15, 0.2) is 5.65 Å². The Morgan fingerprint density at radius 1 is 1.20 bits per heavy atom. The van der Waals surface area contributed by atoms with Gasteiger partial charge in [-0.3, -0.25) is 9.59 Å². The van der Waals surface area contributed by atoms with E-state index >= 15 is 0 Å². The number of carbonyl (C=O) groups is 2. The molecule has 40 heavy (non-hydrogen) atoms. The van der Waals surface area contributed by atoms with E-state index in [9.17, 15) is 22.8 Å². The summed E-state index contributed by atoms with van der Waals surface area (Å²) in [6.45, 7) is 5.86. The van der Waals surface area contributed by atoms with Crippen molar-refractivity contribution < 1.29 is 22.8 Å². The van der Waals surface area contributed by atoms with Gasteiger partial charge in [-0.1, -0.05) is 25.0 Å². The molecule has 5 rings (SSSR count). The van der Waals surface area contributed by atoms with Gasteiger partial charge in [-0.15, -0.1) is 5.10 Å². The van der Waals surface area contributed by atoms with Gasteiger partial charge in [0.2, 0.25) is 5.91 Å². The average Bonchev–Trinajstić information content (AvgIpc) is 3.54. The molecule has 3 aromatic heterocycles. The van der Waals surface area contributed by atoms with Crippen LogP contribution in [0.25, 0.3) is 5.65 Å². The van der Waals surface area contributed by atoms with Crippen molar-refractivity contribution in [3.63, 3.8) is 0 Å². The van der Waals surface area contributed by atoms with Gasteiger partial charge >= 0.3 is 6.18 Å². The normalized spacial score (nSPS) is 23.9. The van der Waals surface area contributed by atoms with Crippen molar-refractivity contribution in [3.05, 3.63) is 41.1 Å². The number of nitrogens with zero attached hydrogens (tertiary/aromatic N) is 6. The van der Waals surface area contributed by atoms with Gasteiger partial charge in [0, 0.05) is 30.8 Å². The third-order valence-electron chi connectivity index (χ3n) is 8.14. The Bertz CT molecular complexity index is 1370. The van der Waals surface area contributed by atoms with E-state index in [1.54, 1.807) is 21.3 Å². The van der Waals surface area contributed by atoms with Crippen molar-refractivity contribution in [2.75, 3.05) is 6.54 Å². The van der Waals surface area contributed by atoms with Crippen LogP contribution in [-0.4, -0.2) is 54.1 Å². The number of fused-ring (bicyclic) bond motifs is 1. The summed E-state index contributed by atoms with van der Waals surface area (Å²) in [5, 5.41) is 18.0. The fraction of sp³-hybridized carbons (Fsp3) is 0.630. The number of aromatic nitrogens is 6.